The largest absolute Gasteiger partial charge is 0.278 e. The second-order valence-corrected chi connectivity index (χ2v) is 9.78. The van der Waals surface area contributed by atoms with Gasteiger partial charge in [0.15, 0.2) is 15.5 Å². The highest BCUT2D eigenvalue weighted by Crippen LogP contribution is 2.25. The fraction of sp³-hybridized carbons (Fsp3) is 0.250. The standard InChI is InChI=1S/C16H18N4O4S2/c1-11(2)20-16-12(9-18-20)8-13(10-17-16)19-26(23,24)15-7-5-4-6-14(15)25(3,21)22/h4-11,19H,1-3H3. The highest BCUT2D eigenvalue weighted by atomic mass is 32.2. The Morgan fingerprint density at radius 1 is 1.04 bits per heavy atom. The molecule has 138 valence electrons. The molecule has 3 rings (SSSR count). The maximum Gasteiger partial charge on any atom is 0.263 e. The van der Waals surface area contributed by atoms with E-state index >= 15 is 0 Å². The van der Waals surface area contributed by atoms with Crippen molar-refractivity contribution in [2.24, 2.45) is 0 Å². The Labute approximate surface area is 151 Å². The van der Waals surface area contributed by atoms with Crippen molar-refractivity contribution in [2.45, 2.75) is 29.7 Å². The molecule has 0 aliphatic heterocycles. The summed E-state index contributed by atoms with van der Waals surface area (Å²) in [5, 5.41) is 4.91. The third-order valence-corrected chi connectivity index (χ3v) is 6.44. The molecule has 8 nitrogen and oxygen atoms in total. The molecule has 0 radical (unpaired) electrons. The smallest absolute Gasteiger partial charge is 0.263 e. The quantitative estimate of drug-likeness (QED) is 0.710. The minimum Gasteiger partial charge on any atom is -0.278 e. The van der Waals surface area contributed by atoms with Crippen molar-refractivity contribution in [2.75, 3.05) is 11.0 Å². The zero-order valence-electron chi connectivity index (χ0n) is 14.4. The molecule has 1 aromatic carbocycles. The average molecular weight is 394 g/mol. The molecule has 2 aromatic heterocycles. The fourth-order valence-corrected chi connectivity index (χ4v) is 5.23. The van der Waals surface area contributed by atoms with E-state index in [0.717, 1.165) is 6.26 Å². The van der Waals surface area contributed by atoms with Crippen LogP contribution in [0.2, 0.25) is 0 Å². The lowest BCUT2D eigenvalue weighted by molar-refractivity contribution is 0.546. The van der Waals surface area contributed by atoms with Gasteiger partial charge in [0.25, 0.3) is 10.0 Å². The first-order valence-electron chi connectivity index (χ1n) is 7.75. The summed E-state index contributed by atoms with van der Waals surface area (Å²) in [5.41, 5.74) is 0.864. The second kappa shape index (κ2) is 6.36. The molecule has 0 bridgehead atoms. The molecule has 0 fully saturated rings. The first kappa shape index (κ1) is 18.3. The summed E-state index contributed by atoms with van der Waals surface area (Å²) >= 11 is 0. The van der Waals surface area contributed by atoms with Crippen LogP contribution in [0.25, 0.3) is 11.0 Å². The highest BCUT2D eigenvalue weighted by Gasteiger charge is 2.24. The van der Waals surface area contributed by atoms with Gasteiger partial charge in [-0.1, -0.05) is 12.1 Å². The van der Waals surface area contributed by atoms with Crippen LogP contribution in [0.15, 0.2) is 52.5 Å². The van der Waals surface area contributed by atoms with Crippen molar-refractivity contribution in [1.82, 2.24) is 14.8 Å². The van der Waals surface area contributed by atoms with Crippen molar-refractivity contribution in [3.63, 3.8) is 0 Å². The Hall–Kier alpha value is -2.46. The van der Waals surface area contributed by atoms with E-state index in [9.17, 15) is 16.8 Å². The molecule has 0 spiro atoms. The Balaban J connectivity index is 2.02. The van der Waals surface area contributed by atoms with E-state index < -0.39 is 19.9 Å². The molecular weight excluding hydrogens is 376 g/mol. The molecule has 0 aliphatic rings. The van der Waals surface area contributed by atoms with E-state index in [4.69, 9.17) is 0 Å². The monoisotopic (exact) mass is 394 g/mol. The number of benzene rings is 1. The van der Waals surface area contributed by atoms with Crippen LogP contribution in [-0.2, 0) is 19.9 Å². The number of pyridine rings is 1. The predicted octanol–water partition coefficient (Wildman–Crippen LogP) is 2.22. The van der Waals surface area contributed by atoms with Crippen molar-refractivity contribution >= 4 is 36.6 Å². The van der Waals surface area contributed by atoms with Crippen molar-refractivity contribution < 1.29 is 16.8 Å². The molecule has 1 N–H and O–H groups in total. The zero-order valence-corrected chi connectivity index (χ0v) is 16.0. The van der Waals surface area contributed by atoms with Gasteiger partial charge in [0.2, 0.25) is 0 Å². The molecule has 0 amide bonds. The van der Waals surface area contributed by atoms with Gasteiger partial charge in [-0.15, -0.1) is 0 Å². The van der Waals surface area contributed by atoms with Crippen LogP contribution in [0.1, 0.15) is 19.9 Å². The van der Waals surface area contributed by atoms with Gasteiger partial charge in [-0.2, -0.15) is 5.10 Å². The number of rotatable bonds is 5. The van der Waals surface area contributed by atoms with Gasteiger partial charge in [-0.3, -0.25) is 4.72 Å². The van der Waals surface area contributed by atoms with Gasteiger partial charge in [0.1, 0.15) is 4.90 Å². The molecular formula is C16H18N4O4S2. The van der Waals surface area contributed by atoms with Gasteiger partial charge in [-0.25, -0.2) is 26.5 Å². The Kier molecular flexibility index (Phi) is 4.49. The number of hydrogen-bond donors (Lipinski definition) is 1. The summed E-state index contributed by atoms with van der Waals surface area (Å²) in [6.45, 7) is 3.93. The molecule has 10 heteroatoms. The van der Waals surface area contributed by atoms with E-state index in [0.29, 0.717) is 11.0 Å². The van der Waals surface area contributed by atoms with Crippen LogP contribution in [0.5, 0.6) is 0 Å². The van der Waals surface area contributed by atoms with Gasteiger partial charge in [-0.05, 0) is 32.0 Å². The number of sulfonamides is 1. The lowest BCUT2D eigenvalue weighted by Gasteiger charge is -2.11. The molecule has 0 unspecified atom stereocenters. The lowest BCUT2D eigenvalue weighted by atomic mass is 10.3. The maximum absolute atomic E-state index is 12.7. The molecule has 0 atom stereocenters. The fourth-order valence-electron chi connectivity index (χ4n) is 2.56. The zero-order chi connectivity index (χ0) is 19.1. The van der Waals surface area contributed by atoms with E-state index in [1.165, 1.54) is 30.5 Å². The Morgan fingerprint density at radius 2 is 1.69 bits per heavy atom. The predicted molar refractivity (Wildman–Crippen MR) is 98.3 cm³/mol. The first-order chi connectivity index (χ1) is 12.1. The Bertz CT molecular complexity index is 1180. The van der Waals surface area contributed by atoms with Crippen LogP contribution < -0.4 is 4.72 Å². The first-order valence-corrected chi connectivity index (χ1v) is 11.1. The molecule has 0 saturated heterocycles. The lowest BCUT2D eigenvalue weighted by Crippen LogP contribution is -2.16. The molecule has 2 heterocycles. The number of anilines is 1. The topological polar surface area (TPSA) is 111 Å². The van der Waals surface area contributed by atoms with Crippen LogP contribution >= 0.6 is 0 Å². The van der Waals surface area contributed by atoms with E-state index in [1.807, 2.05) is 13.8 Å². The van der Waals surface area contributed by atoms with Gasteiger partial charge >= 0.3 is 0 Å². The molecule has 3 aromatic rings. The highest BCUT2D eigenvalue weighted by molar-refractivity contribution is 7.95. The maximum atomic E-state index is 12.7. The summed E-state index contributed by atoms with van der Waals surface area (Å²) in [7, 11) is -7.80. The molecule has 26 heavy (non-hydrogen) atoms. The third kappa shape index (κ3) is 3.42. The van der Waals surface area contributed by atoms with Crippen LogP contribution in [0.3, 0.4) is 0 Å². The van der Waals surface area contributed by atoms with Crippen LogP contribution in [-0.4, -0.2) is 37.9 Å². The minimum atomic E-state index is -4.10. The number of aromatic nitrogens is 3. The van der Waals surface area contributed by atoms with Crippen molar-refractivity contribution in [3.05, 3.63) is 42.7 Å². The van der Waals surface area contributed by atoms with Gasteiger partial charge in [0, 0.05) is 17.7 Å². The summed E-state index contributed by atoms with van der Waals surface area (Å²) in [6, 6.07) is 7.18. The van der Waals surface area contributed by atoms with Crippen LogP contribution in [0.4, 0.5) is 5.69 Å². The van der Waals surface area contributed by atoms with Crippen molar-refractivity contribution in [3.8, 4) is 0 Å². The summed E-state index contributed by atoms with van der Waals surface area (Å²) in [4.78, 5) is 3.71. The number of nitrogens with one attached hydrogen (secondary N) is 1. The minimum absolute atomic E-state index is 0.115. The van der Waals surface area contributed by atoms with E-state index in [2.05, 4.69) is 14.8 Å². The SMILES string of the molecule is CC(C)n1ncc2cc(NS(=O)(=O)c3ccccc3S(C)(=O)=O)cnc21. The van der Waals surface area contributed by atoms with Gasteiger partial charge < -0.3 is 0 Å². The number of hydrogen-bond acceptors (Lipinski definition) is 6. The van der Waals surface area contributed by atoms with Crippen molar-refractivity contribution in [1.29, 1.82) is 0 Å². The molecule has 0 saturated carbocycles. The average Bonchev–Trinajstić information content (AvgIpc) is 2.97. The number of sulfone groups is 1. The summed E-state index contributed by atoms with van der Waals surface area (Å²) < 4.78 is 53.3. The summed E-state index contributed by atoms with van der Waals surface area (Å²) in [6.07, 6.45) is 3.95. The third-order valence-electron chi connectivity index (χ3n) is 3.71. The van der Waals surface area contributed by atoms with E-state index in [-0.39, 0.29) is 21.5 Å². The summed E-state index contributed by atoms with van der Waals surface area (Å²) in [5.74, 6) is 0. The second-order valence-electron chi connectivity index (χ2n) is 6.14. The normalized spacial score (nSPS) is 12.6. The van der Waals surface area contributed by atoms with E-state index in [1.54, 1.807) is 16.9 Å². The number of fused-ring (bicyclic) bond motifs is 1. The van der Waals surface area contributed by atoms with Crippen LogP contribution in [0, 0.1) is 0 Å². The van der Waals surface area contributed by atoms with Gasteiger partial charge in [0.05, 0.1) is 23.0 Å². The Morgan fingerprint density at radius 3 is 2.31 bits per heavy atom. The number of nitrogens with zero attached hydrogens (tertiary/aromatic N) is 3. The molecule has 0 aliphatic carbocycles.